The molecule has 2 amide bonds. The zero-order chi connectivity index (χ0) is 16.7. The molecular weight excluding hydrogens is 356 g/mol. The molecule has 1 atom stereocenters. The Hall–Kier alpha value is -2.14. The van der Waals surface area contributed by atoms with Crippen molar-refractivity contribution in [3.05, 3.63) is 70.2 Å². The van der Waals surface area contributed by atoms with Crippen molar-refractivity contribution in [2.45, 2.75) is 25.7 Å². The first-order valence-electron chi connectivity index (χ1n) is 7.53. The van der Waals surface area contributed by atoms with E-state index in [0.29, 0.717) is 10.0 Å². The van der Waals surface area contributed by atoms with E-state index < -0.39 is 0 Å². The standard InChI is InChI=1S/C18H19BrN2O2/c1-2-8-14(13-9-4-3-5-10-13)17(22)20-21-18(23)15-11-6-7-12-16(15)19/h3-7,9-12,14H,2,8H2,1H3,(H,20,22)(H,21,23). The molecule has 2 aromatic carbocycles. The van der Waals surface area contributed by atoms with Crippen LogP contribution in [-0.2, 0) is 4.79 Å². The fourth-order valence-corrected chi connectivity index (χ4v) is 2.81. The predicted octanol–water partition coefficient (Wildman–Crippen LogP) is 3.79. The third kappa shape index (κ3) is 4.66. The second-order valence-electron chi connectivity index (χ2n) is 5.18. The van der Waals surface area contributed by atoms with Crippen molar-refractivity contribution in [2.24, 2.45) is 0 Å². The monoisotopic (exact) mass is 374 g/mol. The Morgan fingerprint density at radius 2 is 1.65 bits per heavy atom. The summed E-state index contributed by atoms with van der Waals surface area (Å²) in [6.45, 7) is 2.03. The van der Waals surface area contributed by atoms with Gasteiger partial charge in [-0.25, -0.2) is 0 Å². The number of nitrogens with one attached hydrogen (secondary N) is 2. The van der Waals surface area contributed by atoms with Gasteiger partial charge in [0.1, 0.15) is 0 Å². The summed E-state index contributed by atoms with van der Waals surface area (Å²) in [5.74, 6) is -0.840. The van der Waals surface area contributed by atoms with Crippen LogP contribution >= 0.6 is 15.9 Å². The molecule has 0 aromatic heterocycles. The second-order valence-corrected chi connectivity index (χ2v) is 6.03. The molecule has 0 saturated carbocycles. The van der Waals surface area contributed by atoms with Gasteiger partial charge in [0, 0.05) is 4.47 Å². The summed E-state index contributed by atoms with van der Waals surface area (Å²) in [4.78, 5) is 24.5. The molecule has 2 aromatic rings. The lowest BCUT2D eigenvalue weighted by Gasteiger charge is -2.17. The summed E-state index contributed by atoms with van der Waals surface area (Å²) in [6.07, 6.45) is 1.60. The summed E-state index contributed by atoms with van der Waals surface area (Å²) >= 11 is 3.32. The van der Waals surface area contributed by atoms with Crippen LogP contribution in [0.15, 0.2) is 59.1 Å². The number of carbonyl (C=O) groups excluding carboxylic acids is 2. The van der Waals surface area contributed by atoms with Crippen LogP contribution in [0.1, 0.15) is 41.6 Å². The summed E-state index contributed by atoms with van der Waals surface area (Å²) in [7, 11) is 0. The summed E-state index contributed by atoms with van der Waals surface area (Å²) < 4.78 is 0.680. The average Bonchev–Trinajstić information content (AvgIpc) is 2.58. The molecule has 5 heteroatoms. The molecule has 2 N–H and O–H groups in total. The highest BCUT2D eigenvalue weighted by Crippen LogP contribution is 2.21. The van der Waals surface area contributed by atoms with Crippen LogP contribution in [0.5, 0.6) is 0 Å². The number of rotatable bonds is 5. The van der Waals surface area contributed by atoms with Crippen LogP contribution in [0, 0.1) is 0 Å². The molecule has 0 aliphatic heterocycles. The molecule has 0 radical (unpaired) electrons. The highest BCUT2D eigenvalue weighted by molar-refractivity contribution is 9.10. The smallest absolute Gasteiger partial charge is 0.270 e. The molecule has 23 heavy (non-hydrogen) atoms. The maximum Gasteiger partial charge on any atom is 0.270 e. The third-order valence-corrected chi connectivity index (χ3v) is 4.20. The molecule has 0 saturated heterocycles. The van der Waals surface area contributed by atoms with E-state index in [2.05, 4.69) is 26.8 Å². The van der Waals surface area contributed by atoms with E-state index in [0.717, 1.165) is 18.4 Å². The van der Waals surface area contributed by atoms with Gasteiger partial charge in [-0.15, -0.1) is 0 Å². The Bertz CT molecular complexity index is 674. The summed E-state index contributed by atoms with van der Waals surface area (Å²) in [5, 5.41) is 0. The largest absolute Gasteiger partial charge is 0.273 e. The van der Waals surface area contributed by atoms with Crippen molar-refractivity contribution in [2.75, 3.05) is 0 Å². The summed E-state index contributed by atoms with van der Waals surface area (Å²) in [6, 6.07) is 16.6. The zero-order valence-corrected chi connectivity index (χ0v) is 14.5. The molecule has 2 rings (SSSR count). The molecule has 120 valence electrons. The van der Waals surface area contributed by atoms with Crippen molar-refractivity contribution < 1.29 is 9.59 Å². The molecule has 0 aliphatic carbocycles. The Morgan fingerprint density at radius 1 is 1.00 bits per heavy atom. The molecular formula is C18H19BrN2O2. The molecule has 0 bridgehead atoms. The Morgan fingerprint density at radius 3 is 2.30 bits per heavy atom. The van der Waals surface area contributed by atoms with Gasteiger partial charge in [-0.2, -0.15) is 0 Å². The minimum atomic E-state index is -0.353. The number of halogens is 1. The highest BCUT2D eigenvalue weighted by atomic mass is 79.9. The number of hydrazine groups is 1. The second kappa shape index (κ2) is 8.48. The molecule has 4 nitrogen and oxygen atoms in total. The predicted molar refractivity (Wildman–Crippen MR) is 93.8 cm³/mol. The first kappa shape index (κ1) is 17.2. The van der Waals surface area contributed by atoms with E-state index in [1.54, 1.807) is 18.2 Å². The average molecular weight is 375 g/mol. The first-order valence-corrected chi connectivity index (χ1v) is 8.32. The molecule has 0 aliphatic rings. The maximum atomic E-state index is 12.4. The van der Waals surface area contributed by atoms with Crippen LogP contribution in [-0.4, -0.2) is 11.8 Å². The summed E-state index contributed by atoms with van der Waals surface area (Å²) in [5.41, 5.74) is 6.43. The van der Waals surface area contributed by atoms with Gasteiger partial charge >= 0.3 is 0 Å². The van der Waals surface area contributed by atoms with E-state index in [-0.39, 0.29) is 17.7 Å². The fourth-order valence-electron chi connectivity index (χ4n) is 2.34. The van der Waals surface area contributed by atoms with Gasteiger partial charge in [-0.1, -0.05) is 55.8 Å². The van der Waals surface area contributed by atoms with Crippen molar-refractivity contribution >= 4 is 27.7 Å². The number of hydrogen-bond donors (Lipinski definition) is 2. The van der Waals surface area contributed by atoms with Gasteiger partial charge in [-0.05, 0) is 40.0 Å². The van der Waals surface area contributed by atoms with Crippen LogP contribution in [0.4, 0.5) is 0 Å². The normalized spacial score (nSPS) is 11.6. The van der Waals surface area contributed by atoms with Crippen molar-refractivity contribution in [3.63, 3.8) is 0 Å². The minimum Gasteiger partial charge on any atom is -0.273 e. The van der Waals surface area contributed by atoms with Crippen molar-refractivity contribution in [1.82, 2.24) is 10.9 Å². The lowest BCUT2D eigenvalue weighted by atomic mass is 9.94. The molecule has 1 unspecified atom stereocenters. The number of amides is 2. The Balaban J connectivity index is 2.02. The minimum absolute atomic E-state index is 0.210. The SMILES string of the molecule is CCCC(C(=O)NNC(=O)c1ccccc1Br)c1ccccc1. The highest BCUT2D eigenvalue weighted by Gasteiger charge is 2.20. The Kier molecular flexibility index (Phi) is 6.35. The van der Waals surface area contributed by atoms with Gasteiger partial charge < -0.3 is 0 Å². The van der Waals surface area contributed by atoms with E-state index in [1.807, 2.05) is 43.3 Å². The first-order chi connectivity index (χ1) is 11.1. The van der Waals surface area contributed by atoms with Crippen LogP contribution in [0.3, 0.4) is 0 Å². The lowest BCUT2D eigenvalue weighted by Crippen LogP contribution is -2.44. The van der Waals surface area contributed by atoms with Crippen LogP contribution in [0.2, 0.25) is 0 Å². The van der Waals surface area contributed by atoms with E-state index in [1.165, 1.54) is 0 Å². The van der Waals surface area contributed by atoms with Gasteiger partial charge in [0.2, 0.25) is 5.91 Å². The topological polar surface area (TPSA) is 58.2 Å². The van der Waals surface area contributed by atoms with E-state index in [4.69, 9.17) is 0 Å². The van der Waals surface area contributed by atoms with Gasteiger partial charge in [0.05, 0.1) is 11.5 Å². The van der Waals surface area contributed by atoms with Gasteiger partial charge in [0.15, 0.2) is 0 Å². The molecule has 0 fully saturated rings. The van der Waals surface area contributed by atoms with E-state index >= 15 is 0 Å². The van der Waals surface area contributed by atoms with Crippen molar-refractivity contribution in [3.8, 4) is 0 Å². The fraction of sp³-hybridized carbons (Fsp3) is 0.222. The molecule has 0 heterocycles. The maximum absolute atomic E-state index is 12.4. The number of benzene rings is 2. The molecule has 0 spiro atoms. The zero-order valence-electron chi connectivity index (χ0n) is 12.9. The van der Waals surface area contributed by atoms with Crippen LogP contribution < -0.4 is 10.9 Å². The third-order valence-electron chi connectivity index (χ3n) is 3.51. The number of carbonyl (C=O) groups is 2. The lowest BCUT2D eigenvalue weighted by molar-refractivity contribution is -0.123. The van der Waals surface area contributed by atoms with Gasteiger partial charge in [-0.3, -0.25) is 20.4 Å². The van der Waals surface area contributed by atoms with Crippen molar-refractivity contribution in [1.29, 1.82) is 0 Å². The Labute approximate surface area is 144 Å². The van der Waals surface area contributed by atoms with E-state index in [9.17, 15) is 9.59 Å². The van der Waals surface area contributed by atoms with Crippen LogP contribution in [0.25, 0.3) is 0 Å². The van der Waals surface area contributed by atoms with Gasteiger partial charge in [0.25, 0.3) is 5.91 Å². The quantitative estimate of drug-likeness (QED) is 0.782. The number of hydrogen-bond acceptors (Lipinski definition) is 2.